The van der Waals surface area contributed by atoms with E-state index in [2.05, 4.69) is 15.9 Å². The fourth-order valence-electron chi connectivity index (χ4n) is 2.02. The van der Waals surface area contributed by atoms with E-state index < -0.39 is 15.8 Å². The van der Waals surface area contributed by atoms with Crippen LogP contribution in [0.4, 0.5) is 4.39 Å². The second kappa shape index (κ2) is 6.27. The predicted molar refractivity (Wildman–Crippen MR) is 78.3 cm³/mol. The van der Waals surface area contributed by atoms with Crippen LogP contribution in [0.3, 0.4) is 0 Å². The maximum absolute atomic E-state index is 13.3. The van der Waals surface area contributed by atoms with Gasteiger partial charge in [-0.1, -0.05) is 27.5 Å². The first-order valence-electron chi connectivity index (χ1n) is 6.00. The molecule has 8 heteroatoms. The standard InChI is InChI=1S/C12H14BrClFNO3S/c1-8-7-19-10(5-13)6-16(8)20(17,18)12-4-9(15)2-3-11(12)14/h2-4,8,10H,5-7H2,1H3. The van der Waals surface area contributed by atoms with Crippen LogP contribution in [-0.4, -0.2) is 43.4 Å². The second-order valence-corrected chi connectivity index (χ2v) is 7.52. The van der Waals surface area contributed by atoms with Crippen molar-refractivity contribution in [1.29, 1.82) is 0 Å². The van der Waals surface area contributed by atoms with Crippen LogP contribution in [-0.2, 0) is 14.8 Å². The Morgan fingerprint density at radius 3 is 2.90 bits per heavy atom. The molecular weight excluding hydrogens is 373 g/mol. The van der Waals surface area contributed by atoms with E-state index in [1.807, 2.05) is 0 Å². The van der Waals surface area contributed by atoms with E-state index in [-0.39, 0.29) is 28.6 Å². The van der Waals surface area contributed by atoms with Crippen molar-refractivity contribution in [3.05, 3.63) is 29.0 Å². The minimum absolute atomic E-state index is 0.0143. The van der Waals surface area contributed by atoms with E-state index in [9.17, 15) is 12.8 Å². The average Bonchev–Trinajstić information content (AvgIpc) is 2.41. The maximum Gasteiger partial charge on any atom is 0.245 e. The first kappa shape index (κ1) is 16.2. The van der Waals surface area contributed by atoms with Gasteiger partial charge in [-0.05, 0) is 25.1 Å². The van der Waals surface area contributed by atoms with Gasteiger partial charge >= 0.3 is 0 Å². The number of morpholine rings is 1. The molecule has 1 aliphatic heterocycles. The summed E-state index contributed by atoms with van der Waals surface area (Å²) in [7, 11) is -3.85. The number of ether oxygens (including phenoxy) is 1. The van der Waals surface area contributed by atoms with Crippen LogP contribution in [0, 0.1) is 5.82 Å². The molecule has 0 bridgehead atoms. The molecule has 0 aromatic heterocycles. The molecule has 1 heterocycles. The molecule has 20 heavy (non-hydrogen) atoms. The van der Waals surface area contributed by atoms with Gasteiger partial charge in [0.15, 0.2) is 0 Å². The minimum atomic E-state index is -3.85. The second-order valence-electron chi connectivity index (χ2n) is 4.61. The number of rotatable bonds is 3. The molecule has 0 spiro atoms. The molecule has 112 valence electrons. The Kier molecular flexibility index (Phi) is 5.07. The van der Waals surface area contributed by atoms with Gasteiger partial charge in [0.05, 0.1) is 17.7 Å². The maximum atomic E-state index is 13.3. The largest absolute Gasteiger partial charge is 0.374 e. The van der Waals surface area contributed by atoms with Crippen molar-refractivity contribution in [2.75, 3.05) is 18.5 Å². The van der Waals surface area contributed by atoms with Crippen molar-refractivity contribution in [2.45, 2.75) is 24.0 Å². The first-order chi connectivity index (χ1) is 9.36. The van der Waals surface area contributed by atoms with Crippen molar-refractivity contribution >= 4 is 37.6 Å². The molecule has 0 N–H and O–H groups in total. The fourth-order valence-corrected chi connectivity index (χ4v) is 4.55. The van der Waals surface area contributed by atoms with Gasteiger partial charge in [-0.15, -0.1) is 0 Å². The van der Waals surface area contributed by atoms with Crippen molar-refractivity contribution < 1.29 is 17.5 Å². The monoisotopic (exact) mass is 385 g/mol. The number of halogens is 3. The zero-order valence-electron chi connectivity index (χ0n) is 10.7. The van der Waals surface area contributed by atoms with Gasteiger partial charge in [0.2, 0.25) is 10.0 Å². The lowest BCUT2D eigenvalue weighted by molar-refractivity contribution is -0.0139. The van der Waals surface area contributed by atoms with Crippen LogP contribution in [0.5, 0.6) is 0 Å². The van der Waals surface area contributed by atoms with Gasteiger partial charge < -0.3 is 4.74 Å². The molecular formula is C12H14BrClFNO3S. The molecule has 0 aliphatic carbocycles. The molecule has 0 radical (unpaired) electrons. The SMILES string of the molecule is CC1COC(CBr)CN1S(=O)(=O)c1cc(F)ccc1Cl. The van der Waals surface area contributed by atoms with E-state index in [0.717, 1.165) is 12.1 Å². The predicted octanol–water partition coefficient (Wildman–Crippen LogP) is 2.65. The summed E-state index contributed by atoms with van der Waals surface area (Å²) in [6.45, 7) is 2.25. The van der Waals surface area contributed by atoms with Crippen LogP contribution >= 0.6 is 27.5 Å². The van der Waals surface area contributed by atoms with E-state index >= 15 is 0 Å². The van der Waals surface area contributed by atoms with Gasteiger partial charge in [-0.25, -0.2) is 12.8 Å². The molecule has 4 nitrogen and oxygen atoms in total. The van der Waals surface area contributed by atoms with E-state index in [1.165, 1.54) is 10.4 Å². The van der Waals surface area contributed by atoms with Crippen molar-refractivity contribution in [3.63, 3.8) is 0 Å². The number of alkyl halides is 1. The minimum Gasteiger partial charge on any atom is -0.374 e. The van der Waals surface area contributed by atoms with Gasteiger partial charge in [-0.2, -0.15) is 4.31 Å². The summed E-state index contributed by atoms with van der Waals surface area (Å²) in [4.78, 5) is -0.207. The Bertz CT molecular complexity index is 598. The molecule has 1 saturated heterocycles. The average molecular weight is 387 g/mol. The fraction of sp³-hybridized carbons (Fsp3) is 0.500. The summed E-state index contributed by atoms with van der Waals surface area (Å²) in [5.74, 6) is -0.633. The number of hydrogen-bond acceptors (Lipinski definition) is 3. The van der Waals surface area contributed by atoms with Crippen molar-refractivity contribution in [3.8, 4) is 0 Å². The highest BCUT2D eigenvalue weighted by atomic mass is 79.9. The van der Waals surface area contributed by atoms with E-state index in [4.69, 9.17) is 16.3 Å². The molecule has 1 aromatic rings. The normalized spacial score (nSPS) is 24.8. The zero-order chi connectivity index (χ0) is 14.9. The highest BCUT2D eigenvalue weighted by Gasteiger charge is 2.36. The van der Waals surface area contributed by atoms with Crippen LogP contribution in [0.25, 0.3) is 0 Å². The number of hydrogen-bond donors (Lipinski definition) is 0. The lowest BCUT2D eigenvalue weighted by Crippen LogP contribution is -2.51. The summed E-state index contributed by atoms with van der Waals surface area (Å²) < 4.78 is 45.4. The summed E-state index contributed by atoms with van der Waals surface area (Å²) in [5, 5.41) is 0.545. The third kappa shape index (κ3) is 3.17. The quantitative estimate of drug-likeness (QED) is 0.750. The Labute approximate surface area is 131 Å². The lowest BCUT2D eigenvalue weighted by atomic mass is 10.2. The van der Waals surface area contributed by atoms with Crippen molar-refractivity contribution in [2.24, 2.45) is 0 Å². The number of nitrogens with zero attached hydrogens (tertiary/aromatic N) is 1. The smallest absolute Gasteiger partial charge is 0.245 e. The Balaban J connectivity index is 2.40. The van der Waals surface area contributed by atoms with Gasteiger partial charge in [0.25, 0.3) is 0 Å². The summed E-state index contributed by atoms with van der Waals surface area (Å²) in [5.41, 5.74) is 0. The number of benzene rings is 1. The van der Waals surface area contributed by atoms with Crippen LogP contribution in [0.1, 0.15) is 6.92 Å². The Hall–Kier alpha value is -0.210. The molecule has 1 aliphatic rings. The lowest BCUT2D eigenvalue weighted by Gasteiger charge is -2.36. The third-order valence-corrected chi connectivity index (χ3v) is 6.28. The summed E-state index contributed by atoms with van der Waals surface area (Å²) in [6, 6.07) is 3.00. The summed E-state index contributed by atoms with van der Waals surface area (Å²) >= 11 is 9.18. The van der Waals surface area contributed by atoms with Crippen molar-refractivity contribution in [1.82, 2.24) is 4.31 Å². The Morgan fingerprint density at radius 2 is 2.25 bits per heavy atom. The van der Waals surface area contributed by atoms with E-state index in [1.54, 1.807) is 6.92 Å². The third-order valence-electron chi connectivity index (χ3n) is 3.10. The molecule has 0 amide bonds. The van der Waals surface area contributed by atoms with Gasteiger partial charge in [0.1, 0.15) is 10.7 Å². The molecule has 2 atom stereocenters. The molecule has 1 fully saturated rings. The van der Waals surface area contributed by atoms with Crippen LogP contribution in [0.2, 0.25) is 5.02 Å². The molecule has 1 aromatic carbocycles. The van der Waals surface area contributed by atoms with Crippen LogP contribution < -0.4 is 0 Å². The Morgan fingerprint density at radius 1 is 1.55 bits per heavy atom. The van der Waals surface area contributed by atoms with Gasteiger partial charge in [0, 0.05) is 17.9 Å². The molecule has 2 unspecified atom stereocenters. The number of sulfonamides is 1. The highest BCUT2D eigenvalue weighted by molar-refractivity contribution is 9.09. The molecule has 2 rings (SSSR count). The topological polar surface area (TPSA) is 46.6 Å². The van der Waals surface area contributed by atoms with E-state index in [0.29, 0.717) is 11.9 Å². The van der Waals surface area contributed by atoms with Crippen LogP contribution in [0.15, 0.2) is 23.1 Å². The zero-order valence-corrected chi connectivity index (χ0v) is 13.9. The highest BCUT2D eigenvalue weighted by Crippen LogP contribution is 2.28. The summed E-state index contributed by atoms with van der Waals surface area (Å²) in [6.07, 6.45) is -0.228. The first-order valence-corrected chi connectivity index (χ1v) is 8.94. The molecule has 0 saturated carbocycles. The van der Waals surface area contributed by atoms with Gasteiger partial charge in [-0.3, -0.25) is 0 Å².